The van der Waals surface area contributed by atoms with Crippen molar-refractivity contribution >= 4 is 5.97 Å². The van der Waals surface area contributed by atoms with Gasteiger partial charge in [0.15, 0.2) is 0 Å². The van der Waals surface area contributed by atoms with E-state index >= 15 is 0 Å². The Morgan fingerprint density at radius 2 is 1.61 bits per heavy atom. The van der Waals surface area contributed by atoms with Gasteiger partial charge in [-0.2, -0.15) is 0 Å². The van der Waals surface area contributed by atoms with Crippen LogP contribution in [0.4, 0.5) is 0 Å². The summed E-state index contributed by atoms with van der Waals surface area (Å²) in [7, 11) is 0. The van der Waals surface area contributed by atoms with Crippen LogP contribution in [0.15, 0.2) is 43.0 Å². The average molecular weight is 322 g/mol. The van der Waals surface area contributed by atoms with Crippen molar-refractivity contribution in [2.75, 3.05) is 19.8 Å². The summed E-state index contributed by atoms with van der Waals surface area (Å²) >= 11 is 0. The van der Waals surface area contributed by atoms with Crippen molar-refractivity contribution in [3.8, 4) is 0 Å². The van der Waals surface area contributed by atoms with Gasteiger partial charge in [-0.05, 0) is 26.3 Å². The number of esters is 1. The molecule has 0 aliphatic rings. The number of carbonyl (C=O) groups is 1. The number of carbonyl (C=O) groups excluding carboxylic acids is 1. The van der Waals surface area contributed by atoms with Crippen LogP contribution in [0, 0.1) is 0 Å². The maximum Gasteiger partial charge on any atom is 0.330 e. The molecule has 5 nitrogen and oxygen atoms in total. The minimum atomic E-state index is -1.25. The fourth-order valence-corrected chi connectivity index (χ4v) is 2.27. The van der Waals surface area contributed by atoms with Gasteiger partial charge in [0.25, 0.3) is 5.97 Å². The molecule has 0 aliphatic carbocycles. The number of hydrogen-bond acceptors (Lipinski definition) is 5. The highest BCUT2D eigenvalue weighted by Gasteiger charge is 2.37. The third-order valence-corrected chi connectivity index (χ3v) is 3.12. The maximum atomic E-state index is 11.7. The van der Waals surface area contributed by atoms with Crippen LogP contribution >= 0.6 is 0 Å². The van der Waals surface area contributed by atoms with Crippen molar-refractivity contribution in [2.24, 2.45) is 0 Å². The van der Waals surface area contributed by atoms with Gasteiger partial charge in [-0.3, -0.25) is 0 Å². The summed E-state index contributed by atoms with van der Waals surface area (Å²) in [5.74, 6) is -1.75. The lowest BCUT2D eigenvalue weighted by Gasteiger charge is -2.35. The zero-order valence-corrected chi connectivity index (χ0v) is 14.1. The molecule has 0 aliphatic heterocycles. The maximum absolute atomic E-state index is 11.7. The number of rotatable bonds is 11. The summed E-state index contributed by atoms with van der Waals surface area (Å²) in [5.41, 5.74) is 0.839. The molecule has 0 saturated heterocycles. The van der Waals surface area contributed by atoms with Crippen LogP contribution < -0.4 is 0 Å². The zero-order chi connectivity index (χ0) is 17.1. The fourth-order valence-electron chi connectivity index (χ4n) is 2.27. The van der Waals surface area contributed by atoms with Crippen LogP contribution in [0.25, 0.3) is 0 Å². The number of benzene rings is 1. The summed E-state index contributed by atoms with van der Waals surface area (Å²) < 4.78 is 22.6. The highest BCUT2D eigenvalue weighted by atomic mass is 16.9. The molecule has 0 amide bonds. The van der Waals surface area contributed by atoms with E-state index in [0.717, 1.165) is 11.6 Å². The third kappa shape index (κ3) is 6.14. The molecule has 1 unspecified atom stereocenters. The minimum absolute atomic E-state index is 0.228. The molecule has 1 aromatic rings. The second kappa shape index (κ2) is 10.2. The molecule has 0 radical (unpaired) electrons. The Labute approximate surface area is 138 Å². The van der Waals surface area contributed by atoms with E-state index in [1.54, 1.807) is 0 Å². The van der Waals surface area contributed by atoms with Crippen LogP contribution in [0.5, 0.6) is 0 Å². The molecule has 0 N–H and O–H groups in total. The Morgan fingerprint density at radius 1 is 1.09 bits per heavy atom. The Balaban J connectivity index is 3.07. The molecule has 128 valence electrons. The van der Waals surface area contributed by atoms with Gasteiger partial charge < -0.3 is 18.9 Å². The topological polar surface area (TPSA) is 54.0 Å². The summed E-state index contributed by atoms with van der Waals surface area (Å²) in [5, 5.41) is 0. The summed E-state index contributed by atoms with van der Waals surface area (Å²) in [6.07, 6.45) is 0.803. The molecule has 1 rings (SSSR count). The summed E-state index contributed by atoms with van der Waals surface area (Å²) in [4.78, 5) is 11.7. The Kier molecular flexibility index (Phi) is 8.55. The highest BCUT2D eigenvalue weighted by Crippen LogP contribution is 2.32. The van der Waals surface area contributed by atoms with Gasteiger partial charge in [-0.15, -0.1) is 0 Å². The molecule has 23 heavy (non-hydrogen) atoms. The van der Waals surface area contributed by atoms with E-state index in [4.69, 9.17) is 18.9 Å². The van der Waals surface area contributed by atoms with Crippen molar-refractivity contribution in [1.29, 1.82) is 0 Å². The lowest BCUT2D eigenvalue weighted by molar-refractivity contribution is -0.385. The normalized spacial score (nSPS) is 12.7. The second-order valence-corrected chi connectivity index (χ2v) is 4.73. The van der Waals surface area contributed by atoms with Crippen LogP contribution in [0.1, 0.15) is 38.9 Å². The molecular weight excluding hydrogens is 296 g/mol. The molecule has 0 saturated carbocycles. The fraction of sp³-hybridized carbons (Fsp3) is 0.500. The number of ether oxygens (including phenoxy) is 4. The van der Waals surface area contributed by atoms with E-state index in [1.807, 2.05) is 51.1 Å². The van der Waals surface area contributed by atoms with Crippen LogP contribution in [0.2, 0.25) is 0 Å². The molecule has 0 spiro atoms. The molecule has 1 atom stereocenters. The first kappa shape index (κ1) is 19.4. The summed E-state index contributed by atoms with van der Waals surface area (Å²) in [6, 6.07) is 9.43. The standard InChI is InChI=1S/C18H26O5/c1-5-17(19)23-16(15-12-10-9-11-13-15)14-18(20-6-2,21-7-3)22-8-4/h5,9-13,16H,1,6-8,14H2,2-4H3. The highest BCUT2D eigenvalue weighted by molar-refractivity contribution is 5.81. The van der Waals surface area contributed by atoms with E-state index in [1.165, 1.54) is 0 Å². The van der Waals surface area contributed by atoms with Crippen LogP contribution in [-0.2, 0) is 23.7 Å². The van der Waals surface area contributed by atoms with Gasteiger partial charge in [0.2, 0.25) is 0 Å². The SMILES string of the molecule is C=CC(=O)OC(CC(OCC)(OCC)OCC)c1ccccc1. The van der Waals surface area contributed by atoms with Gasteiger partial charge in [-0.1, -0.05) is 36.9 Å². The first-order valence-electron chi connectivity index (χ1n) is 7.90. The van der Waals surface area contributed by atoms with E-state index in [2.05, 4.69) is 6.58 Å². The minimum Gasteiger partial charge on any atom is -0.454 e. The molecule has 1 aromatic carbocycles. The van der Waals surface area contributed by atoms with Gasteiger partial charge in [0.1, 0.15) is 6.10 Å². The van der Waals surface area contributed by atoms with Crippen molar-refractivity contribution in [1.82, 2.24) is 0 Å². The van der Waals surface area contributed by atoms with Crippen LogP contribution in [-0.4, -0.2) is 31.8 Å². The predicted molar refractivity (Wildman–Crippen MR) is 87.7 cm³/mol. The van der Waals surface area contributed by atoms with E-state index in [9.17, 15) is 4.79 Å². The van der Waals surface area contributed by atoms with Crippen molar-refractivity contribution < 1.29 is 23.7 Å². The summed E-state index contributed by atoms with van der Waals surface area (Å²) in [6.45, 7) is 10.3. The first-order chi connectivity index (χ1) is 11.1. The lowest BCUT2D eigenvalue weighted by Crippen LogP contribution is -2.41. The Hall–Kier alpha value is -1.69. The van der Waals surface area contributed by atoms with Crippen molar-refractivity contribution in [3.05, 3.63) is 48.6 Å². The molecule has 0 bridgehead atoms. The second-order valence-electron chi connectivity index (χ2n) is 4.73. The average Bonchev–Trinajstić information content (AvgIpc) is 2.55. The molecule has 5 heteroatoms. The monoisotopic (exact) mass is 322 g/mol. The largest absolute Gasteiger partial charge is 0.454 e. The van der Waals surface area contributed by atoms with Crippen molar-refractivity contribution in [3.63, 3.8) is 0 Å². The molecular formula is C18H26O5. The molecule has 0 heterocycles. The van der Waals surface area contributed by atoms with Gasteiger partial charge in [0, 0.05) is 25.9 Å². The first-order valence-corrected chi connectivity index (χ1v) is 7.90. The quantitative estimate of drug-likeness (QED) is 0.354. The van der Waals surface area contributed by atoms with Gasteiger partial charge >= 0.3 is 5.97 Å². The predicted octanol–water partition coefficient (Wildman–Crippen LogP) is 3.61. The smallest absolute Gasteiger partial charge is 0.330 e. The van der Waals surface area contributed by atoms with E-state index < -0.39 is 18.0 Å². The lowest BCUT2D eigenvalue weighted by atomic mass is 10.1. The van der Waals surface area contributed by atoms with Gasteiger partial charge in [0.05, 0.1) is 6.42 Å². The zero-order valence-electron chi connectivity index (χ0n) is 14.1. The Bertz CT molecular complexity index is 455. The van der Waals surface area contributed by atoms with Crippen molar-refractivity contribution in [2.45, 2.75) is 39.3 Å². The third-order valence-electron chi connectivity index (χ3n) is 3.12. The molecule has 0 fully saturated rings. The van der Waals surface area contributed by atoms with E-state index in [-0.39, 0.29) is 6.42 Å². The number of hydrogen-bond donors (Lipinski definition) is 0. The Morgan fingerprint density at radius 3 is 2.04 bits per heavy atom. The molecule has 0 aromatic heterocycles. The van der Waals surface area contributed by atoms with E-state index in [0.29, 0.717) is 19.8 Å². The van der Waals surface area contributed by atoms with Crippen LogP contribution in [0.3, 0.4) is 0 Å². The van der Waals surface area contributed by atoms with Gasteiger partial charge in [-0.25, -0.2) is 4.79 Å².